The zero-order valence-electron chi connectivity index (χ0n) is 63.4. The summed E-state index contributed by atoms with van der Waals surface area (Å²) in [6.45, 7) is 7.01. The average Bonchev–Trinajstić information content (AvgIpc) is 1.61. The molecular formula is C82H63N5OPt-2. The molecule has 0 unspecified atom stereocenters. The fraction of sp³-hybridized carbons (Fsp3) is 0.122. The molecule has 0 saturated heterocycles. The molecule has 0 spiro atoms. The molecule has 11 aromatic carbocycles. The van der Waals surface area contributed by atoms with Crippen LogP contribution in [0.2, 0.25) is 0 Å². The topological polar surface area (TPSA) is 40.8 Å². The first-order chi connectivity index (χ1) is 48.5. The molecule has 5 heterocycles. The van der Waals surface area contributed by atoms with Crippen molar-refractivity contribution < 1.29 is 49.6 Å². The van der Waals surface area contributed by atoms with Gasteiger partial charge in [0.2, 0.25) is 0 Å². The summed E-state index contributed by atoms with van der Waals surface area (Å²) >= 11 is 0. The molecule has 0 amide bonds. The number of para-hydroxylation sites is 3. The molecule has 1 aliphatic heterocycles. The summed E-state index contributed by atoms with van der Waals surface area (Å²) in [4.78, 5) is 4.89. The van der Waals surface area contributed by atoms with Gasteiger partial charge in [0.05, 0.1) is 44.4 Å². The predicted molar refractivity (Wildman–Crippen MR) is 362 cm³/mol. The Bertz CT molecular complexity index is 6010. The Morgan fingerprint density at radius 3 is 1.70 bits per heavy atom. The SMILES string of the molecule is [2H]c1c([2H])c([2H])c2c(c1[2H])-c1cc(-c3c(C([2H])([2H])[2H])cccc3C([2H])([2H])[2H])cc(-n3c4ccccc4c4ccccc43)c1-[n+]1[c-]n(-c3[c-]c(Oc4[c-]c5c(cc4)c4ccccc4n5-c4cc(C(C)(C)C)ccn4)ccc3)c3cc(-c4ccc(C(C)(C)C)cc4)cc(c31)-c1c([2H])c([2H])c([2H])c([2H])c1-2.[Pt]. The number of imidazole rings is 1. The Balaban J connectivity index is 0.00000856. The molecule has 0 N–H and O–H groups in total. The number of rotatable bonds is 7. The van der Waals surface area contributed by atoms with Crippen LogP contribution in [-0.4, -0.2) is 18.7 Å². The molecule has 0 atom stereocenters. The molecule has 1 aliphatic rings. The molecule has 4 aromatic heterocycles. The standard InChI is InChI=1S/C82H63N5O.Pt/c1-51-21-19-22-52(2)78(51)55-44-70-64-28-12-10-26-62(64)61-25-9-11-27-63(61)69-43-54(53-35-37-56(38-36-53)81(3,4)5)45-75-79(69)85(80(70)76(46-55)86-71-32-16-13-29-65(71)66-30-14-17-33-72(66)86)50-84(75)58-23-20-24-59(48-58)88-60-39-40-68-67-31-15-18-34-73(67)87(74(68)49-60)77-47-57(41-42-83-77)82(6,7)8;/h9-47H,1-8H3;/q-2;/i1D3,2D3,9D,10D,11D,12D,25D,26D,27D,28D;. The van der Waals surface area contributed by atoms with Gasteiger partial charge < -0.3 is 18.4 Å². The van der Waals surface area contributed by atoms with Crippen molar-refractivity contribution in [3.63, 3.8) is 0 Å². The fourth-order valence-corrected chi connectivity index (χ4v) is 12.8. The maximum absolute atomic E-state index is 10.3. The largest absolute Gasteiger partial charge is 0.510 e. The van der Waals surface area contributed by atoms with Gasteiger partial charge in [0, 0.05) is 63.3 Å². The Labute approximate surface area is 553 Å². The van der Waals surface area contributed by atoms with Crippen LogP contribution in [0.25, 0.3) is 133 Å². The van der Waals surface area contributed by atoms with Crippen LogP contribution in [0.5, 0.6) is 11.5 Å². The Morgan fingerprint density at radius 2 is 1.06 bits per heavy atom. The van der Waals surface area contributed by atoms with Crippen LogP contribution in [0.15, 0.2) is 237 Å². The van der Waals surface area contributed by atoms with Crippen molar-refractivity contribution in [2.24, 2.45) is 0 Å². The minimum absolute atomic E-state index is 0. The van der Waals surface area contributed by atoms with Crippen LogP contribution in [0, 0.1) is 32.2 Å². The molecule has 434 valence electrons. The second-order valence-electron chi connectivity index (χ2n) is 24.6. The van der Waals surface area contributed by atoms with Crippen molar-refractivity contribution in [1.29, 1.82) is 0 Å². The molecule has 16 rings (SSSR count). The second kappa shape index (κ2) is 21.2. The normalized spacial score (nSPS) is 14.7. The van der Waals surface area contributed by atoms with Gasteiger partial charge in [-0.1, -0.05) is 199 Å². The van der Waals surface area contributed by atoms with Gasteiger partial charge in [-0.25, -0.2) is 4.98 Å². The van der Waals surface area contributed by atoms with E-state index in [1.165, 1.54) is 18.2 Å². The van der Waals surface area contributed by atoms with Gasteiger partial charge in [0.1, 0.15) is 5.82 Å². The third-order valence-corrected chi connectivity index (χ3v) is 17.1. The predicted octanol–water partition coefficient (Wildman–Crippen LogP) is 20.5. The minimum atomic E-state index is -2.92. The molecule has 7 heteroatoms. The van der Waals surface area contributed by atoms with Gasteiger partial charge in [-0.2, -0.15) is 18.2 Å². The number of nitrogens with zero attached hydrogens (tertiary/aromatic N) is 5. The molecule has 0 saturated carbocycles. The van der Waals surface area contributed by atoms with E-state index in [1.54, 1.807) is 27.3 Å². The maximum Gasteiger partial charge on any atom is 0.268 e. The first-order valence-electron chi connectivity index (χ1n) is 36.3. The van der Waals surface area contributed by atoms with E-state index >= 15 is 0 Å². The minimum Gasteiger partial charge on any atom is -0.510 e. The van der Waals surface area contributed by atoms with Gasteiger partial charge in [0.15, 0.2) is 0 Å². The van der Waals surface area contributed by atoms with Crippen LogP contribution in [0.4, 0.5) is 0 Å². The number of benzene rings is 11. The summed E-state index contributed by atoms with van der Waals surface area (Å²) in [5, 5.41) is 3.53. The zero-order chi connectivity index (χ0) is 71.7. The smallest absolute Gasteiger partial charge is 0.268 e. The van der Waals surface area contributed by atoms with E-state index in [9.17, 15) is 11.0 Å². The maximum atomic E-state index is 10.3. The molecule has 89 heavy (non-hydrogen) atoms. The van der Waals surface area contributed by atoms with Crippen molar-refractivity contribution >= 4 is 54.6 Å². The van der Waals surface area contributed by atoms with Crippen LogP contribution in [0.1, 0.15) is 83.0 Å². The zero-order valence-corrected chi connectivity index (χ0v) is 51.6. The van der Waals surface area contributed by atoms with E-state index in [-0.39, 0.29) is 110 Å². The third kappa shape index (κ3) is 9.18. The molecular weight excluding hydrogens is 1270 g/mol. The van der Waals surface area contributed by atoms with Crippen LogP contribution in [-0.2, 0) is 31.9 Å². The molecule has 15 aromatic rings. The molecule has 0 bridgehead atoms. The van der Waals surface area contributed by atoms with Crippen LogP contribution in [0.3, 0.4) is 0 Å². The molecule has 0 radical (unpaired) electrons. The van der Waals surface area contributed by atoms with Crippen molar-refractivity contribution in [2.75, 3.05) is 0 Å². The molecule has 6 nitrogen and oxygen atoms in total. The number of hydrogen-bond acceptors (Lipinski definition) is 2. The number of pyridine rings is 1. The van der Waals surface area contributed by atoms with Crippen molar-refractivity contribution in [3.8, 4) is 90.0 Å². The summed E-state index contributed by atoms with van der Waals surface area (Å²) in [5.41, 5.74) is 6.16. The number of aryl methyl sites for hydroxylation is 2. The summed E-state index contributed by atoms with van der Waals surface area (Å²) < 4.78 is 148. The van der Waals surface area contributed by atoms with E-state index in [2.05, 4.69) is 82.8 Å². The average molecular weight is 1340 g/mol. The number of ether oxygens (including phenoxy) is 1. The number of fused-ring (bicyclic) bond motifs is 13. The first-order valence-corrected chi connectivity index (χ1v) is 29.3. The van der Waals surface area contributed by atoms with Gasteiger partial charge in [-0.05, 0) is 162 Å². The van der Waals surface area contributed by atoms with Crippen molar-refractivity contribution in [2.45, 2.75) is 66.1 Å². The Hall–Kier alpha value is -9.87. The fourth-order valence-electron chi connectivity index (χ4n) is 12.8. The summed E-state index contributed by atoms with van der Waals surface area (Å²) in [7, 11) is 0. The van der Waals surface area contributed by atoms with Gasteiger partial charge in [-0.3, -0.25) is 4.57 Å². The van der Waals surface area contributed by atoms with E-state index in [0.29, 0.717) is 39.4 Å². The molecule has 0 fully saturated rings. The summed E-state index contributed by atoms with van der Waals surface area (Å²) in [6.07, 6.45) is 5.56. The van der Waals surface area contributed by atoms with Crippen molar-refractivity contribution in [3.05, 3.63) is 277 Å². The van der Waals surface area contributed by atoms with Crippen molar-refractivity contribution in [1.82, 2.24) is 18.7 Å². The van der Waals surface area contributed by atoms with Gasteiger partial charge in [0.25, 0.3) is 6.33 Å². The van der Waals surface area contributed by atoms with E-state index in [1.807, 2.05) is 138 Å². The van der Waals surface area contributed by atoms with Gasteiger partial charge >= 0.3 is 0 Å². The quantitative estimate of drug-likeness (QED) is 0.118. The number of hydrogen-bond donors (Lipinski definition) is 0. The second-order valence-corrected chi connectivity index (χ2v) is 24.6. The molecule has 0 aliphatic carbocycles. The summed E-state index contributed by atoms with van der Waals surface area (Å²) in [5.74, 6) is 1.35. The van der Waals surface area contributed by atoms with E-state index < -0.39 is 62.0 Å². The third-order valence-electron chi connectivity index (χ3n) is 17.1. The Morgan fingerprint density at radius 1 is 0.483 bits per heavy atom. The van der Waals surface area contributed by atoms with Crippen LogP contribution < -0.4 is 9.30 Å². The monoisotopic (exact) mass is 1340 g/mol. The first kappa shape index (κ1) is 42.1. The van der Waals surface area contributed by atoms with E-state index in [0.717, 1.165) is 49.3 Å². The number of aromatic nitrogens is 5. The van der Waals surface area contributed by atoms with Crippen LogP contribution >= 0.6 is 0 Å². The van der Waals surface area contributed by atoms with Gasteiger partial charge in [-0.15, -0.1) is 29.7 Å². The Kier molecular flexibility index (Phi) is 10.0. The summed E-state index contributed by atoms with van der Waals surface area (Å²) in [6, 6.07) is 58.2. The van der Waals surface area contributed by atoms with E-state index in [4.69, 9.17) is 17.9 Å².